The molecule has 0 unspecified atom stereocenters. The predicted molar refractivity (Wildman–Crippen MR) is 84.9 cm³/mol. The highest BCUT2D eigenvalue weighted by Crippen LogP contribution is 2.00. The van der Waals surface area contributed by atoms with Crippen LogP contribution in [0.5, 0.6) is 0 Å². The average molecular weight is 324 g/mol. The van der Waals surface area contributed by atoms with E-state index in [4.69, 9.17) is 9.47 Å². The van der Waals surface area contributed by atoms with Gasteiger partial charge in [0.05, 0.1) is 26.3 Å². The molecule has 0 heterocycles. The van der Waals surface area contributed by atoms with E-state index in [2.05, 4.69) is 15.4 Å². The molecule has 0 aliphatic heterocycles. The lowest BCUT2D eigenvalue weighted by atomic mass is 10.2. The molecule has 0 aromatic heterocycles. The van der Waals surface area contributed by atoms with E-state index in [1.807, 2.05) is 37.3 Å². The maximum Gasteiger partial charge on any atom is 0.407 e. The normalized spacial score (nSPS) is 11.6. The topological polar surface area (TPSA) is 85.9 Å². The fourth-order valence-corrected chi connectivity index (χ4v) is 1.76. The molecule has 0 aliphatic carbocycles. The third-order valence-electron chi connectivity index (χ3n) is 2.95. The van der Waals surface area contributed by atoms with Crippen molar-refractivity contribution in [3.8, 4) is 0 Å². The molecule has 7 heteroatoms. The molecule has 0 saturated heterocycles. The molecule has 7 nitrogen and oxygen atoms in total. The first-order valence-electron chi connectivity index (χ1n) is 7.48. The molecule has 0 radical (unpaired) electrons. The summed E-state index contributed by atoms with van der Waals surface area (Å²) < 4.78 is 15.0. The van der Waals surface area contributed by atoms with Crippen LogP contribution in [0.15, 0.2) is 30.3 Å². The summed E-state index contributed by atoms with van der Waals surface area (Å²) in [6.07, 6.45) is -0.529. The van der Waals surface area contributed by atoms with Crippen LogP contribution in [0, 0.1) is 0 Å². The number of nitrogens with one attached hydrogen (secondary N) is 2. The number of ether oxygens (including phenoxy) is 3. The molecule has 1 aromatic rings. The third-order valence-corrected chi connectivity index (χ3v) is 2.95. The quantitative estimate of drug-likeness (QED) is 0.627. The SMILES string of the molecule is CCOC[C@@H](CNCC(=O)OC)NC(=O)OCc1ccccc1. The van der Waals surface area contributed by atoms with Gasteiger partial charge in [-0.1, -0.05) is 30.3 Å². The van der Waals surface area contributed by atoms with Gasteiger partial charge in [0.2, 0.25) is 0 Å². The third kappa shape index (κ3) is 8.80. The fraction of sp³-hybridized carbons (Fsp3) is 0.500. The van der Waals surface area contributed by atoms with E-state index in [0.717, 1.165) is 5.56 Å². The number of methoxy groups -OCH3 is 1. The van der Waals surface area contributed by atoms with Gasteiger partial charge in [-0.15, -0.1) is 0 Å². The van der Waals surface area contributed by atoms with Crippen LogP contribution in [0.1, 0.15) is 12.5 Å². The van der Waals surface area contributed by atoms with E-state index in [1.54, 1.807) is 0 Å². The molecule has 0 saturated carbocycles. The minimum absolute atomic E-state index is 0.0693. The molecule has 0 fully saturated rings. The van der Waals surface area contributed by atoms with Crippen LogP contribution in [0.4, 0.5) is 4.79 Å². The second-order valence-corrected chi connectivity index (χ2v) is 4.77. The van der Waals surface area contributed by atoms with Gasteiger partial charge in [0.1, 0.15) is 6.61 Å². The molecule has 1 amide bonds. The van der Waals surface area contributed by atoms with Crippen LogP contribution < -0.4 is 10.6 Å². The van der Waals surface area contributed by atoms with Crippen molar-refractivity contribution in [3.05, 3.63) is 35.9 Å². The number of hydrogen-bond acceptors (Lipinski definition) is 6. The monoisotopic (exact) mass is 324 g/mol. The first kappa shape index (κ1) is 18.9. The number of esters is 1. The lowest BCUT2D eigenvalue weighted by Crippen LogP contribution is -2.46. The van der Waals surface area contributed by atoms with Gasteiger partial charge >= 0.3 is 12.1 Å². The van der Waals surface area contributed by atoms with Crippen molar-refractivity contribution in [2.24, 2.45) is 0 Å². The minimum Gasteiger partial charge on any atom is -0.468 e. The Morgan fingerprint density at radius 2 is 1.96 bits per heavy atom. The van der Waals surface area contributed by atoms with E-state index >= 15 is 0 Å². The molecule has 0 bridgehead atoms. The van der Waals surface area contributed by atoms with Crippen LogP contribution in [-0.2, 0) is 25.6 Å². The lowest BCUT2D eigenvalue weighted by molar-refractivity contribution is -0.139. The maximum absolute atomic E-state index is 11.8. The second kappa shape index (κ2) is 11.4. The lowest BCUT2D eigenvalue weighted by Gasteiger charge is -2.18. The molecule has 2 N–H and O–H groups in total. The Morgan fingerprint density at radius 3 is 2.61 bits per heavy atom. The van der Waals surface area contributed by atoms with Gasteiger partial charge in [0.15, 0.2) is 0 Å². The fourth-order valence-electron chi connectivity index (χ4n) is 1.76. The van der Waals surface area contributed by atoms with E-state index < -0.39 is 6.09 Å². The van der Waals surface area contributed by atoms with Crippen LogP contribution in [0.3, 0.4) is 0 Å². The summed E-state index contributed by atoms with van der Waals surface area (Å²) in [5.74, 6) is -0.369. The summed E-state index contributed by atoms with van der Waals surface area (Å²) in [5, 5.41) is 5.61. The highest BCUT2D eigenvalue weighted by Gasteiger charge is 2.14. The number of amides is 1. The molecule has 1 aromatic carbocycles. The highest BCUT2D eigenvalue weighted by atomic mass is 16.5. The molecular weight excluding hydrogens is 300 g/mol. The van der Waals surface area contributed by atoms with Gasteiger partial charge in [-0.05, 0) is 12.5 Å². The smallest absolute Gasteiger partial charge is 0.407 e. The molecule has 1 rings (SSSR count). The Labute approximate surface area is 136 Å². The number of hydrogen-bond donors (Lipinski definition) is 2. The van der Waals surface area contributed by atoms with E-state index in [0.29, 0.717) is 19.8 Å². The number of carbonyl (C=O) groups excluding carboxylic acids is 2. The largest absolute Gasteiger partial charge is 0.468 e. The van der Waals surface area contributed by atoms with Gasteiger partial charge in [0.25, 0.3) is 0 Å². The van der Waals surface area contributed by atoms with Gasteiger partial charge in [-0.25, -0.2) is 4.79 Å². The van der Waals surface area contributed by atoms with Crippen LogP contribution in [0.25, 0.3) is 0 Å². The average Bonchev–Trinajstić information content (AvgIpc) is 2.58. The van der Waals surface area contributed by atoms with Crippen molar-refractivity contribution in [1.82, 2.24) is 10.6 Å². The molecule has 0 spiro atoms. The number of alkyl carbamates (subject to hydrolysis) is 1. The molecule has 1 atom stereocenters. The second-order valence-electron chi connectivity index (χ2n) is 4.77. The number of carbonyl (C=O) groups is 2. The van der Waals surface area contributed by atoms with Crippen molar-refractivity contribution in [2.75, 3.05) is 33.4 Å². The molecule has 0 aliphatic rings. The van der Waals surface area contributed by atoms with Crippen molar-refractivity contribution < 1.29 is 23.8 Å². The molecule has 128 valence electrons. The van der Waals surface area contributed by atoms with Crippen LogP contribution in [0.2, 0.25) is 0 Å². The Kier molecular flexibility index (Phi) is 9.42. The zero-order valence-corrected chi connectivity index (χ0v) is 13.5. The minimum atomic E-state index is -0.529. The van der Waals surface area contributed by atoms with Gasteiger partial charge in [0, 0.05) is 13.2 Å². The van der Waals surface area contributed by atoms with Crippen LogP contribution >= 0.6 is 0 Å². The zero-order valence-electron chi connectivity index (χ0n) is 13.5. The Hall–Kier alpha value is -2.12. The molecular formula is C16H24N2O5. The van der Waals surface area contributed by atoms with Crippen molar-refractivity contribution in [3.63, 3.8) is 0 Å². The summed E-state index contributed by atoms with van der Waals surface area (Å²) in [6, 6.07) is 9.11. The number of rotatable bonds is 10. The van der Waals surface area contributed by atoms with E-state index in [-0.39, 0.29) is 25.2 Å². The van der Waals surface area contributed by atoms with Crippen molar-refractivity contribution >= 4 is 12.1 Å². The standard InChI is InChI=1S/C16H24N2O5/c1-3-22-12-14(9-17-10-15(19)21-2)18-16(20)23-11-13-7-5-4-6-8-13/h4-8,14,17H,3,9-12H2,1-2H3,(H,18,20)/t14-/m1/s1. The Bertz CT molecular complexity index is 467. The van der Waals surface area contributed by atoms with E-state index in [1.165, 1.54) is 7.11 Å². The van der Waals surface area contributed by atoms with Gasteiger partial charge < -0.3 is 24.8 Å². The summed E-state index contributed by atoms with van der Waals surface area (Å²) in [4.78, 5) is 22.9. The molecule has 23 heavy (non-hydrogen) atoms. The van der Waals surface area contributed by atoms with Crippen molar-refractivity contribution in [2.45, 2.75) is 19.6 Å². The van der Waals surface area contributed by atoms with Gasteiger partial charge in [-0.3, -0.25) is 4.79 Å². The zero-order chi connectivity index (χ0) is 16.9. The maximum atomic E-state index is 11.8. The first-order valence-corrected chi connectivity index (χ1v) is 7.48. The first-order chi connectivity index (χ1) is 11.2. The summed E-state index contributed by atoms with van der Waals surface area (Å²) in [5.41, 5.74) is 0.910. The summed E-state index contributed by atoms with van der Waals surface area (Å²) >= 11 is 0. The van der Waals surface area contributed by atoms with E-state index in [9.17, 15) is 9.59 Å². The van der Waals surface area contributed by atoms with Crippen LogP contribution in [-0.4, -0.2) is 51.5 Å². The highest BCUT2D eigenvalue weighted by molar-refractivity contribution is 5.71. The Morgan fingerprint density at radius 1 is 1.22 bits per heavy atom. The number of benzene rings is 1. The Balaban J connectivity index is 2.35. The van der Waals surface area contributed by atoms with Crippen molar-refractivity contribution in [1.29, 1.82) is 0 Å². The van der Waals surface area contributed by atoms with Gasteiger partial charge in [-0.2, -0.15) is 0 Å². The summed E-state index contributed by atoms with van der Waals surface area (Å²) in [6.45, 7) is 3.37. The summed E-state index contributed by atoms with van der Waals surface area (Å²) in [7, 11) is 1.32. The predicted octanol–water partition coefficient (Wildman–Crippen LogP) is 1.08.